The zero-order valence-electron chi connectivity index (χ0n) is 7.20. The van der Waals surface area contributed by atoms with Gasteiger partial charge in [-0.1, -0.05) is 11.6 Å². The van der Waals surface area contributed by atoms with Crippen LogP contribution in [0.15, 0.2) is 6.07 Å². The third-order valence-electron chi connectivity index (χ3n) is 1.82. The largest absolute Gasteiger partial charge is 0.477 e. The molecular formula is C8H8ClN3O2. The van der Waals surface area contributed by atoms with Crippen LogP contribution in [0.2, 0.25) is 5.15 Å². The molecule has 0 unspecified atom stereocenters. The number of hydrogen-bond donors (Lipinski definition) is 2. The van der Waals surface area contributed by atoms with E-state index >= 15 is 0 Å². The van der Waals surface area contributed by atoms with Crippen LogP contribution in [0.5, 0.6) is 0 Å². The number of aromatic nitrogens is 2. The first-order chi connectivity index (χ1) is 6.65. The Kier molecular flexibility index (Phi) is 2.25. The lowest BCUT2D eigenvalue weighted by molar-refractivity contribution is 0.0690. The lowest BCUT2D eigenvalue weighted by atomic mass is 10.4. The molecule has 1 aliphatic carbocycles. The molecule has 0 spiro atoms. The van der Waals surface area contributed by atoms with Crippen LogP contribution >= 0.6 is 11.6 Å². The Bertz CT molecular complexity index is 379. The van der Waals surface area contributed by atoms with E-state index < -0.39 is 5.97 Å². The molecule has 1 saturated carbocycles. The van der Waals surface area contributed by atoms with Gasteiger partial charge >= 0.3 is 5.97 Å². The summed E-state index contributed by atoms with van der Waals surface area (Å²) >= 11 is 5.64. The standard InChI is InChI=1S/C8H8ClN3O2/c9-6-3-5(7(13)14)11-8(12-6)10-4-1-2-4/h3-4H,1-2H2,(H,13,14)(H,10,11,12). The van der Waals surface area contributed by atoms with Crippen molar-refractivity contribution < 1.29 is 9.90 Å². The molecule has 0 atom stereocenters. The minimum absolute atomic E-state index is 0.0897. The molecule has 14 heavy (non-hydrogen) atoms. The molecule has 0 aliphatic heterocycles. The lowest BCUT2D eigenvalue weighted by Gasteiger charge is -2.03. The second-order valence-corrected chi connectivity index (χ2v) is 3.51. The van der Waals surface area contributed by atoms with Crippen molar-refractivity contribution in [3.05, 3.63) is 16.9 Å². The molecule has 1 fully saturated rings. The third-order valence-corrected chi connectivity index (χ3v) is 2.02. The van der Waals surface area contributed by atoms with Crippen molar-refractivity contribution in [2.75, 3.05) is 5.32 Å². The Morgan fingerprint density at radius 3 is 2.86 bits per heavy atom. The van der Waals surface area contributed by atoms with Crippen molar-refractivity contribution in [1.82, 2.24) is 9.97 Å². The monoisotopic (exact) mass is 213 g/mol. The van der Waals surface area contributed by atoms with Gasteiger partial charge in [0.2, 0.25) is 5.95 Å². The summed E-state index contributed by atoms with van der Waals surface area (Å²) < 4.78 is 0. The van der Waals surface area contributed by atoms with Gasteiger partial charge in [0, 0.05) is 12.1 Å². The third kappa shape index (κ3) is 2.11. The number of carbonyl (C=O) groups is 1. The van der Waals surface area contributed by atoms with Crippen LogP contribution in [-0.4, -0.2) is 27.1 Å². The second-order valence-electron chi connectivity index (χ2n) is 3.12. The predicted molar refractivity (Wildman–Crippen MR) is 50.6 cm³/mol. The highest BCUT2D eigenvalue weighted by molar-refractivity contribution is 6.29. The molecule has 2 N–H and O–H groups in total. The summed E-state index contributed by atoms with van der Waals surface area (Å²) in [4.78, 5) is 18.3. The number of halogens is 1. The molecule has 1 aromatic heterocycles. The molecular weight excluding hydrogens is 206 g/mol. The van der Waals surface area contributed by atoms with Crippen LogP contribution in [-0.2, 0) is 0 Å². The number of hydrogen-bond acceptors (Lipinski definition) is 4. The van der Waals surface area contributed by atoms with E-state index in [1.807, 2.05) is 0 Å². The van der Waals surface area contributed by atoms with E-state index in [1.54, 1.807) is 0 Å². The summed E-state index contributed by atoms with van der Waals surface area (Å²) in [6.45, 7) is 0. The molecule has 0 bridgehead atoms. The molecule has 0 saturated heterocycles. The van der Waals surface area contributed by atoms with Gasteiger partial charge in [-0.15, -0.1) is 0 Å². The fraction of sp³-hybridized carbons (Fsp3) is 0.375. The maximum atomic E-state index is 10.6. The van der Waals surface area contributed by atoms with Crippen molar-refractivity contribution in [3.63, 3.8) is 0 Å². The van der Waals surface area contributed by atoms with Gasteiger partial charge < -0.3 is 10.4 Å². The number of aromatic carboxylic acids is 1. The van der Waals surface area contributed by atoms with Gasteiger partial charge in [-0.25, -0.2) is 14.8 Å². The van der Waals surface area contributed by atoms with Crippen LogP contribution in [0.1, 0.15) is 23.3 Å². The van der Waals surface area contributed by atoms with Crippen LogP contribution < -0.4 is 5.32 Å². The summed E-state index contributed by atoms with van der Waals surface area (Å²) in [5.41, 5.74) is -0.0897. The first-order valence-corrected chi connectivity index (χ1v) is 4.57. The van der Waals surface area contributed by atoms with Gasteiger partial charge in [-0.3, -0.25) is 0 Å². The van der Waals surface area contributed by atoms with Crippen molar-refractivity contribution in [3.8, 4) is 0 Å². The van der Waals surface area contributed by atoms with Crippen LogP contribution in [0, 0.1) is 0 Å². The van der Waals surface area contributed by atoms with E-state index in [2.05, 4.69) is 15.3 Å². The predicted octanol–water partition coefficient (Wildman–Crippen LogP) is 1.40. The smallest absolute Gasteiger partial charge is 0.354 e. The molecule has 0 amide bonds. The van der Waals surface area contributed by atoms with E-state index in [0.717, 1.165) is 12.8 Å². The molecule has 6 heteroatoms. The molecule has 74 valence electrons. The summed E-state index contributed by atoms with van der Waals surface area (Å²) in [5, 5.41) is 11.8. The number of carboxylic acids is 1. The first kappa shape index (κ1) is 9.21. The quantitative estimate of drug-likeness (QED) is 0.743. The molecule has 0 radical (unpaired) electrons. The Balaban J connectivity index is 2.25. The number of anilines is 1. The number of nitrogens with zero attached hydrogens (tertiary/aromatic N) is 2. The molecule has 5 nitrogen and oxygen atoms in total. The van der Waals surface area contributed by atoms with Gasteiger partial charge in [0.25, 0.3) is 0 Å². The van der Waals surface area contributed by atoms with Gasteiger partial charge in [-0.05, 0) is 12.8 Å². The Morgan fingerprint density at radius 1 is 1.57 bits per heavy atom. The summed E-state index contributed by atoms with van der Waals surface area (Å²) in [6, 6.07) is 1.59. The molecule has 2 rings (SSSR count). The highest BCUT2D eigenvalue weighted by Crippen LogP contribution is 2.23. The minimum Gasteiger partial charge on any atom is -0.477 e. The van der Waals surface area contributed by atoms with Crippen molar-refractivity contribution >= 4 is 23.5 Å². The number of nitrogens with one attached hydrogen (secondary N) is 1. The van der Waals surface area contributed by atoms with Crippen LogP contribution in [0.3, 0.4) is 0 Å². The maximum Gasteiger partial charge on any atom is 0.354 e. The Morgan fingerprint density at radius 2 is 2.29 bits per heavy atom. The summed E-state index contributed by atoms with van der Waals surface area (Å²) in [7, 11) is 0. The topological polar surface area (TPSA) is 75.1 Å². The van der Waals surface area contributed by atoms with E-state index in [9.17, 15) is 4.79 Å². The van der Waals surface area contributed by atoms with Crippen LogP contribution in [0.25, 0.3) is 0 Å². The average Bonchev–Trinajstić information content (AvgIpc) is 2.87. The van der Waals surface area contributed by atoms with E-state index in [1.165, 1.54) is 6.07 Å². The molecule has 1 aromatic rings. The zero-order chi connectivity index (χ0) is 10.1. The van der Waals surface area contributed by atoms with E-state index in [0.29, 0.717) is 6.04 Å². The first-order valence-electron chi connectivity index (χ1n) is 4.19. The van der Waals surface area contributed by atoms with E-state index in [-0.39, 0.29) is 16.8 Å². The molecule has 0 aromatic carbocycles. The Labute approximate surface area is 85.1 Å². The van der Waals surface area contributed by atoms with Gasteiger partial charge in [0.1, 0.15) is 5.15 Å². The number of carboxylic acid groups (broad SMARTS) is 1. The zero-order valence-corrected chi connectivity index (χ0v) is 7.95. The van der Waals surface area contributed by atoms with Crippen molar-refractivity contribution in [2.45, 2.75) is 18.9 Å². The van der Waals surface area contributed by atoms with Crippen LogP contribution in [0.4, 0.5) is 5.95 Å². The molecule has 1 heterocycles. The Hall–Kier alpha value is -1.36. The van der Waals surface area contributed by atoms with Gasteiger partial charge in [0.15, 0.2) is 5.69 Å². The van der Waals surface area contributed by atoms with E-state index in [4.69, 9.17) is 16.7 Å². The summed E-state index contributed by atoms with van der Waals surface area (Å²) in [6.07, 6.45) is 2.14. The average molecular weight is 214 g/mol. The number of rotatable bonds is 3. The SMILES string of the molecule is O=C(O)c1cc(Cl)nc(NC2CC2)n1. The van der Waals surface area contributed by atoms with Crippen molar-refractivity contribution in [2.24, 2.45) is 0 Å². The maximum absolute atomic E-state index is 10.6. The summed E-state index contributed by atoms with van der Waals surface area (Å²) in [5.74, 6) is -0.814. The fourth-order valence-corrected chi connectivity index (χ4v) is 1.19. The normalized spacial score (nSPS) is 15.2. The van der Waals surface area contributed by atoms with Gasteiger partial charge in [-0.2, -0.15) is 0 Å². The van der Waals surface area contributed by atoms with Crippen molar-refractivity contribution in [1.29, 1.82) is 0 Å². The highest BCUT2D eigenvalue weighted by atomic mass is 35.5. The highest BCUT2D eigenvalue weighted by Gasteiger charge is 2.22. The molecule has 1 aliphatic rings. The lowest BCUT2D eigenvalue weighted by Crippen LogP contribution is -2.09. The second kappa shape index (κ2) is 3.42. The van der Waals surface area contributed by atoms with Gasteiger partial charge in [0.05, 0.1) is 0 Å². The minimum atomic E-state index is -1.10. The fourth-order valence-electron chi connectivity index (χ4n) is 1.00.